The van der Waals surface area contributed by atoms with Crippen molar-refractivity contribution >= 4 is 11.7 Å². The largest absolute Gasteiger partial charge is 0.465 e. The molecule has 2 aromatic rings. The smallest absolute Gasteiger partial charge is 0.341 e. The summed E-state index contributed by atoms with van der Waals surface area (Å²) in [6.07, 6.45) is 6.21. The fourth-order valence-corrected chi connectivity index (χ4v) is 3.14. The highest BCUT2D eigenvalue weighted by Gasteiger charge is 2.21. The molecule has 0 bridgehead atoms. The Morgan fingerprint density at radius 2 is 2.38 bits per heavy atom. The van der Waals surface area contributed by atoms with E-state index in [1.165, 1.54) is 7.11 Å². The van der Waals surface area contributed by atoms with E-state index in [0.717, 1.165) is 37.4 Å². The SMILES string of the molecule is COC(=O)c1cc(CN[C@H]2CCCN(c3cnn(C)c3)C2)oc1C. The Hall–Kier alpha value is -2.28. The molecule has 1 saturated heterocycles. The molecule has 0 unspecified atom stereocenters. The zero-order valence-electron chi connectivity index (χ0n) is 14.4. The summed E-state index contributed by atoms with van der Waals surface area (Å²) in [6.45, 7) is 4.37. The maximum atomic E-state index is 11.6. The van der Waals surface area contributed by atoms with E-state index in [2.05, 4.69) is 15.3 Å². The van der Waals surface area contributed by atoms with Gasteiger partial charge in [-0.3, -0.25) is 4.68 Å². The lowest BCUT2D eigenvalue weighted by Gasteiger charge is -2.33. The minimum Gasteiger partial charge on any atom is -0.465 e. The van der Waals surface area contributed by atoms with Crippen molar-refractivity contribution in [1.82, 2.24) is 15.1 Å². The van der Waals surface area contributed by atoms with Gasteiger partial charge < -0.3 is 19.4 Å². The molecule has 7 heteroatoms. The molecule has 1 aliphatic heterocycles. The molecule has 0 aromatic carbocycles. The van der Waals surface area contributed by atoms with Crippen LogP contribution in [0.15, 0.2) is 22.9 Å². The number of ether oxygens (including phenoxy) is 1. The lowest BCUT2D eigenvalue weighted by atomic mass is 10.1. The summed E-state index contributed by atoms with van der Waals surface area (Å²) in [5, 5.41) is 7.77. The van der Waals surface area contributed by atoms with Crippen LogP contribution in [0.4, 0.5) is 5.69 Å². The van der Waals surface area contributed by atoms with E-state index in [1.54, 1.807) is 13.0 Å². The van der Waals surface area contributed by atoms with Crippen LogP contribution in [0.25, 0.3) is 0 Å². The number of rotatable bonds is 5. The molecular weight excluding hydrogens is 308 g/mol. The standard InChI is InChI=1S/C17H24N4O3/c1-12-16(17(22)23-3)7-15(24-12)9-18-13-5-4-6-21(10-13)14-8-19-20(2)11-14/h7-8,11,13,18H,4-6,9-10H2,1-3H3/t13-/m0/s1. The van der Waals surface area contributed by atoms with Crippen molar-refractivity contribution in [2.45, 2.75) is 32.4 Å². The van der Waals surface area contributed by atoms with E-state index < -0.39 is 0 Å². The lowest BCUT2D eigenvalue weighted by Crippen LogP contribution is -2.45. The van der Waals surface area contributed by atoms with Crippen LogP contribution >= 0.6 is 0 Å². The Bertz CT molecular complexity index is 707. The summed E-state index contributed by atoms with van der Waals surface area (Å²) in [7, 11) is 3.31. The summed E-state index contributed by atoms with van der Waals surface area (Å²) in [4.78, 5) is 14.0. The van der Waals surface area contributed by atoms with Gasteiger partial charge in [-0.05, 0) is 25.8 Å². The summed E-state index contributed by atoms with van der Waals surface area (Å²) < 4.78 is 12.2. The summed E-state index contributed by atoms with van der Waals surface area (Å²) >= 11 is 0. The number of aromatic nitrogens is 2. The van der Waals surface area contributed by atoms with Gasteiger partial charge in [-0.1, -0.05) is 0 Å². The third-order valence-corrected chi connectivity index (χ3v) is 4.42. The van der Waals surface area contributed by atoms with Gasteiger partial charge in [0.25, 0.3) is 0 Å². The number of anilines is 1. The van der Waals surface area contributed by atoms with Crippen LogP contribution in [-0.4, -0.2) is 42.0 Å². The number of hydrogen-bond donors (Lipinski definition) is 1. The molecule has 1 atom stereocenters. The molecule has 0 saturated carbocycles. The van der Waals surface area contributed by atoms with E-state index in [-0.39, 0.29) is 5.97 Å². The fourth-order valence-electron chi connectivity index (χ4n) is 3.14. The first kappa shape index (κ1) is 16.6. The maximum Gasteiger partial charge on any atom is 0.341 e. The first-order valence-corrected chi connectivity index (χ1v) is 8.21. The van der Waals surface area contributed by atoms with Gasteiger partial charge in [0.1, 0.15) is 17.1 Å². The predicted molar refractivity (Wildman–Crippen MR) is 90.1 cm³/mol. The highest BCUT2D eigenvalue weighted by atomic mass is 16.5. The summed E-state index contributed by atoms with van der Waals surface area (Å²) in [6, 6.07) is 2.14. The monoisotopic (exact) mass is 332 g/mol. The molecule has 1 N–H and O–H groups in total. The van der Waals surface area contributed by atoms with Crippen molar-refractivity contribution in [1.29, 1.82) is 0 Å². The van der Waals surface area contributed by atoms with Gasteiger partial charge in [0.05, 0.1) is 25.5 Å². The van der Waals surface area contributed by atoms with Gasteiger partial charge in [0, 0.05) is 32.4 Å². The Balaban J connectivity index is 1.57. The molecule has 0 spiro atoms. The normalized spacial score (nSPS) is 18.0. The molecule has 24 heavy (non-hydrogen) atoms. The molecule has 0 radical (unpaired) electrons. The van der Waals surface area contributed by atoms with E-state index in [0.29, 0.717) is 23.9 Å². The zero-order valence-corrected chi connectivity index (χ0v) is 14.4. The van der Waals surface area contributed by atoms with Gasteiger partial charge in [0.15, 0.2) is 0 Å². The molecule has 7 nitrogen and oxygen atoms in total. The molecule has 0 amide bonds. The third-order valence-electron chi connectivity index (χ3n) is 4.42. The van der Waals surface area contributed by atoms with E-state index in [1.807, 2.05) is 24.1 Å². The minimum absolute atomic E-state index is 0.358. The zero-order chi connectivity index (χ0) is 17.1. The highest BCUT2D eigenvalue weighted by Crippen LogP contribution is 2.20. The van der Waals surface area contributed by atoms with Gasteiger partial charge in [-0.15, -0.1) is 0 Å². The number of aryl methyl sites for hydroxylation is 2. The van der Waals surface area contributed by atoms with Crippen LogP contribution in [0.5, 0.6) is 0 Å². The average molecular weight is 332 g/mol. The van der Waals surface area contributed by atoms with Crippen molar-refractivity contribution in [3.8, 4) is 0 Å². The summed E-state index contributed by atoms with van der Waals surface area (Å²) in [5.41, 5.74) is 1.65. The van der Waals surface area contributed by atoms with Gasteiger partial charge in [-0.25, -0.2) is 4.79 Å². The van der Waals surface area contributed by atoms with Gasteiger partial charge in [-0.2, -0.15) is 5.10 Å². The van der Waals surface area contributed by atoms with Crippen LogP contribution in [0.3, 0.4) is 0 Å². The second-order valence-corrected chi connectivity index (χ2v) is 6.21. The second kappa shape index (κ2) is 7.09. The Kier molecular flexibility index (Phi) is 4.89. The molecule has 3 heterocycles. The fraction of sp³-hybridized carbons (Fsp3) is 0.529. The summed E-state index contributed by atoms with van der Waals surface area (Å²) in [5.74, 6) is 0.994. The molecular formula is C17H24N4O3. The van der Waals surface area contributed by atoms with Crippen LogP contribution in [0.2, 0.25) is 0 Å². The van der Waals surface area contributed by atoms with Crippen LogP contribution in [0.1, 0.15) is 34.7 Å². The molecule has 2 aromatic heterocycles. The number of nitrogens with one attached hydrogen (secondary N) is 1. The Labute approximate surface area is 141 Å². The molecule has 0 aliphatic carbocycles. The van der Waals surface area contributed by atoms with Crippen LogP contribution < -0.4 is 10.2 Å². The number of carbonyl (C=O) groups excluding carboxylic acids is 1. The first-order chi connectivity index (χ1) is 11.6. The number of carbonyl (C=O) groups is 1. The van der Waals surface area contributed by atoms with Crippen molar-refractivity contribution in [2.75, 3.05) is 25.1 Å². The number of nitrogens with zero attached hydrogens (tertiary/aromatic N) is 3. The van der Waals surface area contributed by atoms with Gasteiger partial charge >= 0.3 is 5.97 Å². The van der Waals surface area contributed by atoms with Crippen LogP contribution in [0, 0.1) is 6.92 Å². The molecule has 3 rings (SSSR count). The number of piperidine rings is 1. The number of esters is 1. The van der Waals surface area contributed by atoms with Crippen LogP contribution in [-0.2, 0) is 18.3 Å². The minimum atomic E-state index is -0.358. The highest BCUT2D eigenvalue weighted by molar-refractivity contribution is 5.90. The van der Waals surface area contributed by atoms with Gasteiger partial charge in [0.2, 0.25) is 0 Å². The predicted octanol–water partition coefficient (Wildman–Crippen LogP) is 1.87. The topological polar surface area (TPSA) is 72.5 Å². The first-order valence-electron chi connectivity index (χ1n) is 8.21. The van der Waals surface area contributed by atoms with Crippen molar-refractivity contribution in [2.24, 2.45) is 7.05 Å². The number of furan rings is 1. The molecule has 1 fully saturated rings. The van der Waals surface area contributed by atoms with E-state index >= 15 is 0 Å². The second-order valence-electron chi connectivity index (χ2n) is 6.21. The molecule has 130 valence electrons. The third kappa shape index (κ3) is 3.62. The quantitative estimate of drug-likeness (QED) is 0.843. The van der Waals surface area contributed by atoms with E-state index in [9.17, 15) is 4.79 Å². The molecule has 1 aliphatic rings. The average Bonchev–Trinajstić information content (AvgIpc) is 3.18. The van der Waals surface area contributed by atoms with Crippen molar-refractivity contribution in [3.63, 3.8) is 0 Å². The van der Waals surface area contributed by atoms with Crippen molar-refractivity contribution in [3.05, 3.63) is 35.5 Å². The van der Waals surface area contributed by atoms with E-state index in [4.69, 9.17) is 9.15 Å². The number of hydrogen-bond acceptors (Lipinski definition) is 6. The Morgan fingerprint density at radius 3 is 3.08 bits per heavy atom. The number of methoxy groups -OCH3 is 1. The Morgan fingerprint density at radius 1 is 1.54 bits per heavy atom. The van der Waals surface area contributed by atoms with Crippen molar-refractivity contribution < 1.29 is 13.9 Å². The lowest BCUT2D eigenvalue weighted by molar-refractivity contribution is 0.0599. The maximum absolute atomic E-state index is 11.6.